The monoisotopic (exact) mass is 260 g/mol. The summed E-state index contributed by atoms with van der Waals surface area (Å²) < 4.78 is 5.16. The fourth-order valence-corrected chi connectivity index (χ4v) is 2.86. The Bertz CT molecular complexity index is 766. The maximum atomic E-state index is 11.4. The molecule has 0 saturated heterocycles. The highest BCUT2D eigenvalue weighted by Gasteiger charge is 2.19. The van der Waals surface area contributed by atoms with Crippen molar-refractivity contribution in [1.29, 1.82) is 0 Å². The number of esters is 1. The summed E-state index contributed by atoms with van der Waals surface area (Å²) in [6.07, 6.45) is 3.24. The number of aromatic hydroxyl groups is 1. The van der Waals surface area contributed by atoms with Crippen molar-refractivity contribution in [2.45, 2.75) is 0 Å². The van der Waals surface area contributed by atoms with E-state index in [0.717, 1.165) is 15.6 Å². The van der Waals surface area contributed by atoms with Gasteiger partial charge in [0.1, 0.15) is 4.83 Å². The molecule has 0 bridgehead atoms. The fourth-order valence-electron chi connectivity index (χ4n) is 1.80. The first kappa shape index (κ1) is 10.9. The number of carbonyl (C=O) groups is 1. The van der Waals surface area contributed by atoms with Crippen molar-refractivity contribution in [2.75, 3.05) is 7.11 Å². The molecular formula is C12H8N2O3S. The molecular weight excluding hydrogens is 252 g/mol. The molecule has 3 aromatic heterocycles. The lowest BCUT2D eigenvalue weighted by atomic mass is 10.2. The molecule has 3 rings (SSSR count). The van der Waals surface area contributed by atoms with Gasteiger partial charge in [-0.3, -0.25) is 0 Å². The normalized spacial score (nSPS) is 10.9. The predicted molar refractivity (Wildman–Crippen MR) is 67.9 cm³/mol. The minimum atomic E-state index is -0.653. The number of fused-ring (bicyclic) bond motifs is 3. The Labute approximate surface area is 106 Å². The molecule has 1 N–H and O–H groups in total. The Morgan fingerprint density at radius 3 is 3.00 bits per heavy atom. The van der Waals surface area contributed by atoms with E-state index in [2.05, 4.69) is 14.7 Å². The molecule has 0 radical (unpaired) electrons. The average Bonchev–Trinajstić information content (AvgIpc) is 2.78. The van der Waals surface area contributed by atoms with Crippen molar-refractivity contribution >= 4 is 37.6 Å². The zero-order chi connectivity index (χ0) is 12.7. The van der Waals surface area contributed by atoms with Gasteiger partial charge in [-0.05, 0) is 12.1 Å². The summed E-state index contributed by atoms with van der Waals surface area (Å²) in [6.45, 7) is 0. The van der Waals surface area contributed by atoms with E-state index in [9.17, 15) is 9.90 Å². The molecule has 18 heavy (non-hydrogen) atoms. The molecule has 90 valence electrons. The number of thiophene rings is 1. The second-order valence-electron chi connectivity index (χ2n) is 3.65. The van der Waals surface area contributed by atoms with Crippen LogP contribution in [0.15, 0.2) is 24.5 Å². The van der Waals surface area contributed by atoms with Gasteiger partial charge in [0.2, 0.25) is 0 Å². The summed E-state index contributed by atoms with van der Waals surface area (Å²) in [6, 6.07) is 3.72. The van der Waals surface area contributed by atoms with Gasteiger partial charge in [0.25, 0.3) is 0 Å². The summed E-state index contributed by atoms with van der Waals surface area (Å²) in [7, 11) is 1.25. The minimum absolute atomic E-state index is 0.0726. The molecule has 0 saturated carbocycles. The minimum Gasteiger partial charge on any atom is -0.504 e. The third-order valence-electron chi connectivity index (χ3n) is 2.65. The van der Waals surface area contributed by atoms with E-state index >= 15 is 0 Å². The number of carbonyl (C=O) groups excluding carboxylic acids is 1. The topological polar surface area (TPSA) is 72.3 Å². The van der Waals surface area contributed by atoms with Gasteiger partial charge in [-0.25, -0.2) is 14.8 Å². The Hall–Kier alpha value is -2.21. The molecule has 0 aliphatic carbocycles. The van der Waals surface area contributed by atoms with Crippen LogP contribution in [0.3, 0.4) is 0 Å². The van der Waals surface area contributed by atoms with Crippen LogP contribution in [0, 0.1) is 0 Å². The first-order chi connectivity index (χ1) is 8.72. The van der Waals surface area contributed by atoms with Crippen LogP contribution in [-0.2, 0) is 4.74 Å². The average molecular weight is 260 g/mol. The van der Waals surface area contributed by atoms with E-state index in [1.165, 1.54) is 18.4 Å². The molecule has 6 heteroatoms. The van der Waals surface area contributed by atoms with Crippen LogP contribution in [0.5, 0.6) is 5.75 Å². The standard InChI is InChI=1S/C12H8N2O3S/c1-17-12(16)8-9(15)10-7(5-14-8)6-3-2-4-13-11(6)18-10/h2-5,15H,1H3. The molecule has 0 fully saturated rings. The summed E-state index contributed by atoms with van der Waals surface area (Å²) in [5.74, 6) is -0.804. The zero-order valence-corrected chi connectivity index (χ0v) is 10.2. The Morgan fingerprint density at radius 1 is 1.39 bits per heavy atom. The van der Waals surface area contributed by atoms with Gasteiger partial charge in [0.05, 0.1) is 11.8 Å². The lowest BCUT2D eigenvalue weighted by Crippen LogP contribution is -2.04. The van der Waals surface area contributed by atoms with Crippen LogP contribution in [0.4, 0.5) is 0 Å². The van der Waals surface area contributed by atoms with E-state index in [4.69, 9.17) is 0 Å². The SMILES string of the molecule is COC(=O)c1ncc2c(sc3ncccc32)c1O. The number of nitrogens with zero attached hydrogens (tertiary/aromatic N) is 2. The molecule has 0 aliphatic rings. The maximum Gasteiger partial charge on any atom is 0.360 e. The molecule has 0 atom stereocenters. The summed E-state index contributed by atoms with van der Waals surface area (Å²) in [5.41, 5.74) is -0.0726. The van der Waals surface area contributed by atoms with Crippen LogP contribution < -0.4 is 0 Å². The number of rotatable bonds is 1. The summed E-state index contributed by atoms with van der Waals surface area (Å²) in [5, 5.41) is 11.8. The van der Waals surface area contributed by atoms with Crippen molar-refractivity contribution < 1.29 is 14.6 Å². The van der Waals surface area contributed by atoms with Gasteiger partial charge in [0, 0.05) is 23.2 Å². The third-order valence-corrected chi connectivity index (χ3v) is 3.78. The van der Waals surface area contributed by atoms with E-state index in [1.807, 2.05) is 12.1 Å². The number of methoxy groups -OCH3 is 1. The molecule has 0 aliphatic heterocycles. The van der Waals surface area contributed by atoms with Crippen molar-refractivity contribution in [1.82, 2.24) is 9.97 Å². The maximum absolute atomic E-state index is 11.4. The lowest BCUT2D eigenvalue weighted by molar-refractivity contribution is 0.0591. The van der Waals surface area contributed by atoms with Crippen molar-refractivity contribution in [3.8, 4) is 5.75 Å². The van der Waals surface area contributed by atoms with Crippen molar-refractivity contribution in [3.63, 3.8) is 0 Å². The van der Waals surface area contributed by atoms with Crippen LogP contribution in [0.2, 0.25) is 0 Å². The molecule has 3 aromatic rings. The summed E-state index contributed by atoms with van der Waals surface area (Å²) >= 11 is 1.32. The highest BCUT2D eigenvalue weighted by Crippen LogP contribution is 2.38. The fraction of sp³-hybridized carbons (Fsp3) is 0.0833. The van der Waals surface area contributed by atoms with E-state index in [0.29, 0.717) is 4.70 Å². The molecule has 0 spiro atoms. The Kier molecular flexibility index (Phi) is 2.38. The van der Waals surface area contributed by atoms with E-state index in [1.54, 1.807) is 12.4 Å². The number of aromatic nitrogens is 2. The van der Waals surface area contributed by atoms with Gasteiger partial charge in [-0.2, -0.15) is 0 Å². The molecule has 0 unspecified atom stereocenters. The quantitative estimate of drug-likeness (QED) is 0.680. The van der Waals surface area contributed by atoms with Crippen LogP contribution in [0.25, 0.3) is 20.3 Å². The Balaban J connectivity index is 2.39. The van der Waals surface area contributed by atoms with E-state index < -0.39 is 5.97 Å². The second kappa shape index (κ2) is 3.92. The van der Waals surface area contributed by atoms with Gasteiger partial charge in [-0.1, -0.05) is 0 Å². The van der Waals surface area contributed by atoms with Gasteiger partial charge >= 0.3 is 5.97 Å². The highest BCUT2D eigenvalue weighted by molar-refractivity contribution is 7.25. The Morgan fingerprint density at radius 2 is 2.22 bits per heavy atom. The number of hydrogen-bond acceptors (Lipinski definition) is 6. The smallest absolute Gasteiger partial charge is 0.360 e. The molecule has 5 nitrogen and oxygen atoms in total. The largest absolute Gasteiger partial charge is 0.504 e. The molecule has 0 aromatic carbocycles. The molecule has 3 heterocycles. The zero-order valence-electron chi connectivity index (χ0n) is 9.38. The van der Waals surface area contributed by atoms with Crippen LogP contribution in [0.1, 0.15) is 10.5 Å². The van der Waals surface area contributed by atoms with Gasteiger partial charge in [0.15, 0.2) is 11.4 Å². The van der Waals surface area contributed by atoms with Crippen LogP contribution >= 0.6 is 11.3 Å². The highest BCUT2D eigenvalue weighted by atomic mass is 32.1. The van der Waals surface area contributed by atoms with Crippen LogP contribution in [-0.4, -0.2) is 28.2 Å². The first-order valence-electron chi connectivity index (χ1n) is 5.16. The number of pyridine rings is 2. The van der Waals surface area contributed by atoms with Gasteiger partial charge in [-0.15, -0.1) is 11.3 Å². The van der Waals surface area contributed by atoms with Crippen molar-refractivity contribution in [3.05, 3.63) is 30.2 Å². The summed E-state index contributed by atoms with van der Waals surface area (Å²) in [4.78, 5) is 20.4. The molecule has 0 amide bonds. The van der Waals surface area contributed by atoms with Crippen molar-refractivity contribution in [2.24, 2.45) is 0 Å². The van der Waals surface area contributed by atoms with Gasteiger partial charge < -0.3 is 9.84 Å². The predicted octanol–water partition coefficient (Wildman–Crippen LogP) is 2.34. The second-order valence-corrected chi connectivity index (χ2v) is 4.65. The van der Waals surface area contributed by atoms with E-state index in [-0.39, 0.29) is 11.4 Å². The first-order valence-corrected chi connectivity index (χ1v) is 5.97. The third kappa shape index (κ3) is 1.42. The lowest BCUT2D eigenvalue weighted by Gasteiger charge is -2.01. The number of hydrogen-bond donors (Lipinski definition) is 1. The number of ether oxygens (including phenoxy) is 1.